The van der Waals surface area contributed by atoms with E-state index in [-0.39, 0.29) is 5.97 Å². The molecule has 0 saturated heterocycles. The number of halogens is 1. The number of carbonyl (C=O) groups is 1. The summed E-state index contributed by atoms with van der Waals surface area (Å²) in [5.74, 6) is -0.229. The average Bonchev–Trinajstić information content (AvgIpc) is 2.34. The Balaban J connectivity index is 3.14. The summed E-state index contributed by atoms with van der Waals surface area (Å²) in [6.07, 6.45) is 0.643. The van der Waals surface area contributed by atoms with Crippen LogP contribution in [0.1, 0.15) is 25.8 Å². The normalized spacial score (nSPS) is 14.1. The zero-order valence-corrected chi connectivity index (χ0v) is 12.0. The van der Waals surface area contributed by atoms with Crippen LogP contribution >= 0.6 is 15.9 Å². The predicted octanol–water partition coefficient (Wildman–Crippen LogP) is 2.84. The van der Waals surface area contributed by atoms with E-state index in [1.165, 1.54) is 0 Å². The van der Waals surface area contributed by atoms with E-state index in [1.807, 2.05) is 38.1 Å². The number of likely N-dealkylation sites (N-methyl/N-ethyl adjacent to an activating group) is 1. The van der Waals surface area contributed by atoms with E-state index >= 15 is 0 Å². The van der Waals surface area contributed by atoms with Gasteiger partial charge in [-0.3, -0.25) is 0 Å². The smallest absolute Gasteiger partial charge is 0.330 e. The Morgan fingerprint density at radius 3 is 2.35 bits per heavy atom. The Kier molecular flexibility index (Phi) is 5.15. The molecule has 3 nitrogen and oxygen atoms in total. The minimum atomic E-state index is -0.753. The fourth-order valence-corrected chi connectivity index (χ4v) is 2.14. The molecule has 0 heterocycles. The van der Waals surface area contributed by atoms with Crippen LogP contribution in [-0.4, -0.2) is 19.6 Å². The molecule has 0 amide bonds. The van der Waals surface area contributed by atoms with Crippen LogP contribution in [0.5, 0.6) is 0 Å². The third-order valence-electron chi connectivity index (χ3n) is 2.92. The fourth-order valence-electron chi connectivity index (χ4n) is 1.88. The van der Waals surface area contributed by atoms with Crippen molar-refractivity contribution in [3.63, 3.8) is 0 Å². The van der Waals surface area contributed by atoms with Crippen molar-refractivity contribution >= 4 is 21.9 Å². The Morgan fingerprint density at radius 1 is 1.35 bits per heavy atom. The first-order chi connectivity index (χ1) is 8.10. The first kappa shape index (κ1) is 14.2. The monoisotopic (exact) mass is 299 g/mol. The quantitative estimate of drug-likeness (QED) is 0.850. The van der Waals surface area contributed by atoms with E-state index in [2.05, 4.69) is 21.2 Å². The van der Waals surface area contributed by atoms with Gasteiger partial charge >= 0.3 is 5.97 Å². The Bertz CT molecular complexity index is 372. The zero-order chi connectivity index (χ0) is 12.9. The Hall–Kier alpha value is -0.870. The van der Waals surface area contributed by atoms with Gasteiger partial charge < -0.3 is 10.1 Å². The first-order valence-electron chi connectivity index (χ1n) is 5.73. The molecule has 0 spiro atoms. The summed E-state index contributed by atoms with van der Waals surface area (Å²) in [7, 11) is 1.78. The molecule has 4 heteroatoms. The number of carbonyl (C=O) groups excluding carboxylic acids is 1. The first-order valence-corrected chi connectivity index (χ1v) is 6.52. The molecular formula is C13H18BrNO2. The van der Waals surface area contributed by atoms with Crippen molar-refractivity contribution in [2.75, 3.05) is 13.7 Å². The summed E-state index contributed by atoms with van der Waals surface area (Å²) in [6, 6.07) is 7.72. The van der Waals surface area contributed by atoms with E-state index in [1.54, 1.807) is 7.05 Å². The highest BCUT2D eigenvalue weighted by atomic mass is 79.9. The topological polar surface area (TPSA) is 38.3 Å². The number of rotatable bonds is 5. The number of esters is 1. The maximum Gasteiger partial charge on any atom is 0.330 e. The van der Waals surface area contributed by atoms with Crippen molar-refractivity contribution in [2.24, 2.45) is 0 Å². The van der Waals surface area contributed by atoms with Crippen molar-refractivity contribution in [3.05, 3.63) is 34.3 Å². The van der Waals surface area contributed by atoms with Crippen molar-refractivity contribution < 1.29 is 9.53 Å². The minimum absolute atomic E-state index is 0.229. The number of benzene rings is 1. The van der Waals surface area contributed by atoms with Gasteiger partial charge in [0.05, 0.1) is 6.61 Å². The highest BCUT2D eigenvalue weighted by molar-refractivity contribution is 9.10. The summed E-state index contributed by atoms with van der Waals surface area (Å²) in [6.45, 7) is 4.17. The summed E-state index contributed by atoms with van der Waals surface area (Å²) >= 11 is 3.39. The van der Waals surface area contributed by atoms with Gasteiger partial charge in [0.15, 0.2) is 0 Å². The van der Waals surface area contributed by atoms with E-state index in [0.717, 1.165) is 10.0 Å². The van der Waals surface area contributed by atoms with Crippen molar-refractivity contribution in [1.29, 1.82) is 0 Å². The number of ether oxygens (including phenoxy) is 1. The lowest BCUT2D eigenvalue weighted by Crippen LogP contribution is -2.48. The van der Waals surface area contributed by atoms with Gasteiger partial charge in [0.1, 0.15) is 5.54 Å². The number of hydrogen-bond acceptors (Lipinski definition) is 3. The SMILES string of the molecule is CCOC(=O)C(CC)(NC)c1ccc(Br)cc1. The maximum absolute atomic E-state index is 12.1. The van der Waals surface area contributed by atoms with Crippen LogP contribution in [0.4, 0.5) is 0 Å². The van der Waals surface area contributed by atoms with E-state index in [9.17, 15) is 4.79 Å². The van der Waals surface area contributed by atoms with Gasteiger partial charge in [-0.2, -0.15) is 0 Å². The van der Waals surface area contributed by atoms with Crippen LogP contribution in [0.2, 0.25) is 0 Å². The molecule has 1 unspecified atom stereocenters. The molecular weight excluding hydrogens is 282 g/mol. The molecule has 0 aliphatic carbocycles. The third kappa shape index (κ3) is 2.87. The van der Waals surface area contributed by atoms with Gasteiger partial charge in [0.2, 0.25) is 0 Å². The van der Waals surface area contributed by atoms with Gasteiger partial charge in [-0.1, -0.05) is 35.0 Å². The van der Waals surface area contributed by atoms with Gasteiger partial charge in [0.25, 0.3) is 0 Å². The third-order valence-corrected chi connectivity index (χ3v) is 3.45. The van der Waals surface area contributed by atoms with Gasteiger partial charge in [-0.05, 0) is 38.1 Å². The summed E-state index contributed by atoms with van der Waals surface area (Å²) < 4.78 is 6.15. The molecule has 0 saturated carbocycles. The molecule has 1 N–H and O–H groups in total. The lowest BCUT2D eigenvalue weighted by atomic mass is 9.87. The maximum atomic E-state index is 12.1. The van der Waals surface area contributed by atoms with Gasteiger partial charge in [-0.25, -0.2) is 4.79 Å². The van der Waals surface area contributed by atoms with Crippen LogP contribution in [0.3, 0.4) is 0 Å². The van der Waals surface area contributed by atoms with Gasteiger partial charge in [-0.15, -0.1) is 0 Å². The van der Waals surface area contributed by atoms with Crippen molar-refractivity contribution in [1.82, 2.24) is 5.32 Å². The molecule has 17 heavy (non-hydrogen) atoms. The number of nitrogens with one attached hydrogen (secondary N) is 1. The molecule has 0 aliphatic heterocycles. The number of hydrogen-bond donors (Lipinski definition) is 1. The molecule has 0 fully saturated rings. The second-order valence-corrected chi connectivity index (χ2v) is 4.65. The lowest BCUT2D eigenvalue weighted by molar-refractivity contribution is -0.151. The molecule has 1 atom stereocenters. The second kappa shape index (κ2) is 6.17. The van der Waals surface area contributed by atoms with E-state index in [0.29, 0.717) is 13.0 Å². The highest BCUT2D eigenvalue weighted by Gasteiger charge is 2.38. The largest absolute Gasteiger partial charge is 0.464 e. The van der Waals surface area contributed by atoms with Crippen LogP contribution < -0.4 is 5.32 Å². The summed E-state index contributed by atoms with van der Waals surface area (Å²) in [4.78, 5) is 12.1. The molecule has 1 aromatic carbocycles. The zero-order valence-electron chi connectivity index (χ0n) is 10.4. The van der Waals surface area contributed by atoms with Crippen molar-refractivity contribution in [2.45, 2.75) is 25.8 Å². The predicted molar refractivity (Wildman–Crippen MR) is 71.8 cm³/mol. The summed E-state index contributed by atoms with van der Waals surface area (Å²) in [5.41, 5.74) is 0.167. The van der Waals surface area contributed by atoms with E-state index in [4.69, 9.17) is 4.74 Å². The van der Waals surface area contributed by atoms with Gasteiger partial charge in [0, 0.05) is 4.47 Å². The molecule has 0 radical (unpaired) electrons. The van der Waals surface area contributed by atoms with Crippen LogP contribution in [0, 0.1) is 0 Å². The van der Waals surface area contributed by atoms with Crippen LogP contribution in [0.15, 0.2) is 28.7 Å². The average molecular weight is 300 g/mol. The van der Waals surface area contributed by atoms with Crippen LogP contribution in [0.25, 0.3) is 0 Å². The van der Waals surface area contributed by atoms with Crippen LogP contribution in [-0.2, 0) is 15.1 Å². The molecule has 0 aromatic heterocycles. The standard InChI is InChI=1S/C13H18BrNO2/c1-4-13(15-3,12(16)17-5-2)10-6-8-11(14)9-7-10/h6-9,15H,4-5H2,1-3H3. The van der Waals surface area contributed by atoms with E-state index < -0.39 is 5.54 Å². The molecule has 94 valence electrons. The molecule has 0 aliphatic rings. The van der Waals surface area contributed by atoms with Crippen molar-refractivity contribution in [3.8, 4) is 0 Å². The Morgan fingerprint density at radius 2 is 1.94 bits per heavy atom. The minimum Gasteiger partial charge on any atom is -0.464 e. The molecule has 0 bridgehead atoms. The second-order valence-electron chi connectivity index (χ2n) is 3.74. The fraction of sp³-hybridized carbons (Fsp3) is 0.462. The molecule has 1 rings (SSSR count). The summed E-state index contributed by atoms with van der Waals surface area (Å²) in [5, 5.41) is 3.10. The Labute approximate surface area is 111 Å². The highest BCUT2D eigenvalue weighted by Crippen LogP contribution is 2.27. The lowest BCUT2D eigenvalue weighted by Gasteiger charge is -2.30. The molecule has 1 aromatic rings.